The van der Waals surface area contributed by atoms with Crippen LogP contribution in [0.15, 0.2) is 23.8 Å². The van der Waals surface area contributed by atoms with Crippen molar-refractivity contribution in [1.82, 2.24) is 0 Å². The van der Waals surface area contributed by atoms with Gasteiger partial charge in [0.2, 0.25) is 0 Å². The van der Waals surface area contributed by atoms with E-state index in [1.807, 2.05) is 6.92 Å². The molecule has 0 aromatic rings. The smallest absolute Gasteiger partial charge is 0.309 e. The van der Waals surface area contributed by atoms with Gasteiger partial charge in [0.25, 0.3) is 0 Å². The van der Waals surface area contributed by atoms with Gasteiger partial charge in [0.15, 0.2) is 0 Å². The lowest BCUT2D eigenvalue weighted by Crippen LogP contribution is -2.56. The minimum Gasteiger partial charge on any atom is -0.481 e. The molecule has 0 aromatic carbocycles. The van der Waals surface area contributed by atoms with E-state index in [1.54, 1.807) is 0 Å². The molecule has 156 valence electrons. The second-order valence-electron chi connectivity index (χ2n) is 9.98. The number of hydrogen-bond acceptors (Lipinski definition) is 5. The zero-order valence-electron chi connectivity index (χ0n) is 16.9. The molecule has 4 N–H and O–H groups in total. The fraction of sp³-hybridized carbons (Fsp3) is 0.773. The van der Waals surface area contributed by atoms with E-state index >= 15 is 0 Å². The summed E-state index contributed by atoms with van der Waals surface area (Å²) >= 11 is 0. The SMILES string of the molecule is C=C1C(O)C(O)C2(CC3C(C)=CCC4C(C)(C(=O)O)CCCC34C)OC2C1O. The van der Waals surface area contributed by atoms with Crippen molar-refractivity contribution >= 4 is 5.97 Å². The molecular formula is C22H32O6. The van der Waals surface area contributed by atoms with Gasteiger partial charge in [-0.05, 0) is 62.4 Å². The molecule has 6 heteroatoms. The summed E-state index contributed by atoms with van der Waals surface area (Å²) in [5, 5.41) is 41.5. The fourth-order valence-corrected chi connectivity index (χ4v) is 6.69. The number of allylic oxidation sites excluding steroid dienone is 2. The number of epoxide rings is 1. The van der Waals surface area contributed by atoms with E-state index in [-0.39, 0.29) is 22.8 Å². The van der Waals surface area contributed by atoms with Crippen LogP contribution >= 0.6 is 0 Å². The highest BCUT2D eigenvalue weighted by atomic mass is 16.6. The Morgan fingerprint density at radius 3 is 2.57 bits per heavy atom. The van der Waals surface area contributed by atoms with Crippen molar-refractivity contribution < 1.29 is 30.0 Å². The van der Waals surface area contributed by atoms with E-state index in [9.17, 15) is 25.2 Å². The van der Waals surface area contributed by atoms with E-state index in [0.717, 1.165) is 19.3 Å². The summed E-state index contributed by atoms with van der Waals surface area (Å²) in [5.74, 6) is -0.719. The van der Waals surface area contributed by atoms with Crippen LogP contribution in [0.1, 0.15) is 52.9 Å². The molecule has 4 rings (SSSR count). The van der Waals surface area contributed by atoms with E-state index in [1.165, 1.54) is 5.57 Å². The minimum absolute atomic E-state index is 0.000837. The molecule has 2 saturated carbocycles. The Morgan fingerprint density at radius 2 is 1.93 bits per heavy atom. The maximum Gasteiger partial charge on any atom is 0.309 e. The molecule has 0 spiro atoms. The van der Waals surface area contributed by atoms with Crippen LogP contribution in [0, 0.1) is 22.7 Å². The summed E-state index contributed by atoms with van der Waals surface area (Å²) < 4.78 is 5.84. The van der Waals surface area contributed by atoms with E-state index in [0.29, 0.717) is 12.8 Å². The Bertz CT molecular complexity index is 745. The molecule has 1 heterocycles. The first-order valence-corrected chi connectivity index (χ1v) is 10.3. The van der Waals surface area contributed by atoms with Crippen molar-refractivity contribution in [2.75, 3.05) is 0 Å². The summed E-state index contributed by atoms with van der Waals surface area (Å²) in [6.07, 6.45) is 1.86. The first-order chi connectivity index (χ1) is 13.0. The van der Waals surface area contributed by atoms with Crippen molar-refractivity contribution in [3.63, 3.8) is 0 Å². The van der Waals surface area contributed by atoms with Crippen LogP contribution in [0.3, 0.4) is 0 Å². The summed E-state index contributed by atoms with van der Waals surface area (Å²) in [6.45, 7) is 9.80. The highest BCUT2D eigenvalue weighted by molar-refractivity contribution is 5.75. The molecule has 9 unspecified atom stereocenters. The maximum atomic E-state index is 12.1. The second-order valence-corrected chi connectivity index (χ2v) is 9.98. The lowest BCUT2D eigenvalue weighted by Gasteiger charge is -2.56. The molecule has 4 aliphatic rings. The number of aliphatic hydroxyl groups is 3. The molecule has 1 aliphatic heterocycles. The van der Waals surface area contributed by atoms with E-state index < -0.39 is 41.4 Å². The first-order valence-electron chi connectivity index (χ1n) is 10.3. The maximum absolute atomic E-state index is 12.1. The van der Waals surface area contributed by atoms with E-state index in [4.69, 9.17) is 4.74 Å². The number of carboxylic acids is 1. The number of aliphatic carboxylic acids is 1. The van der Waals surface area contributed by atoms with Gasteiger partial charge in [-0.2, -0.15) is 0 Å². The molecule has 3 aliphatic carbocycles. The van der Waals surface area contributed by atoms with Crippen LogP contribution in [-0.2, 0) is 9.53 Å². The minimum atomic E-state index is -1.22. The van der Waals surface area contributed by atoms with Crippen LogP contribution in [0.25, 0.3) is 0 Å². The highest BCUT2D eigenvalue weighted by Crippen LogP contribution is 2.64. The Kier molecular flexibility index (Phi) is 4.41. The van der Waals surface area contributed by atoms with Crippen molar-refractivity contribution in [3.8, 4) is 0 Å². The van der Waals surface area contributed by atoms with Crippen molar-refractivity contribution in [2.24, 2.45) is 22.7 Å². The van der Waals surface area contributed by atoms with Gasteiger partial charge < -0.3 is 25.2 Å². The largest absolute Gasteiger partial charge is 0.481 e. The van der Waals surface area contributed by atoms with Crippen molar-refractivity contribution in [1.29, 1.82) is 0 Å². The molecule has 0 amide bonds. The molecule has 1 saturated heterocycles. The fourth-order valence-electron chi connectivity index (χ4n) is 6.69. The summed E-state index contributed by atoms with van der Waals surface area (Å²) in [5.41, 5.74) is -0.636. The Labute approximate surface area is 165 Å². The molecule has 0 aromatic heterocycles. The van der Waals surface area contributed by atoms with Gasteiger partial charge in [0, 0.05) is 0 Å². The van der Waals surface area contributed by atoms with Crippen LogP contribution < -0.4 is 0 Å². The number of hydrogen-bond donors (Lipinski definition) is 4. The summed E-state index contributed by atoms with van der Waals surface area (Å²) in [7, 11) is 0. The van der Waals surface area contributed by atoms with Crippen LogP contribution in [0.2, 0.25) is 0 Å². The zero-order valence-corrected chi connectivity index (χ0v) is 16.9. The topological polar surface area (TPSA) is 111 Å². The normalized spacial score (nSPS) is 53.1. The molecule has 3 fully saturated rings. The number of carboxylic acid groups (broad SMARTS) is 1. The predicted molar refractivity (Wildman–Crippen MR) is 102 cm³/mol. The van der Waals surface area contributed by atoms with Gasteiger partial charge in [0.05, 0.1) is 5.41 Å². The van der Waals surface area contributed by atoms with Crippen LogP contribution in [0.4, 0.5) is 0 Å². The van der Waals surface area contributed by atoms with Gasteiger partial charge in [-0.3, -0.25) is 4.79 Å². The third-order valence-electron chi connectivity index (χ3n) is 8.63. The Balaban J connectivity index is 1.68. The van der Waals surface area contributed by atoms with Gasteiger partial charge in [-0.15, -0.1) is 0 Å². The lowest BCUT2D eigenvalue weighted by molar-refractivity contribution is -0.163. The lowest BCUT2D eigenvalue weighted by atomic mass is 9.47. The standard InChI is InChI=1S/C22H32O6/c1-11-6-7-14-20(3,8-5-9-21(14,4)19(26)27)13(11)10-22-17(25)15(23)12(2)16(24)18(22)28-22/h6,13-18,23-25H,2,5,7-10H2,1,3-4H3,(H,26,27). The first kappa shape index (κ1) is 20.1. The Hall–Kier alpha value is -1.21. The molecule has 6 nitrogen and oxygen atoms in total. The van der Waals surface area contributed by atoms with Crippen LogP contribution in [0.5, 0.6) is 0 Å². The Morgan fingerprint density at radius 1 is 1.25 bits per heavy atom. The number of carbonyl (C=O) groups is 1. The van der Waals surface area contributed by atoms with Crippen molar-refractivity contribution in [3.05, 3.63) is 23.8 Å². The average molecular weight is 392 g/mol. The number of rotatable bonds is 3. The predicted octanol–water partition coefficient (Wildman–Crippen LogP) is 2.03. The number of fused-ring (bicyclic) bond motifs is 2. The van der Waals surface area contributed by atoms with Crippen molar-refractivity contribution in [2.45, 2.75) is 82.9 Å². The monoisotopic (exact) mass is 392 g/mol. The molecule has 9 atom stereocenters. The van der Waals surface area contributed by atoms with Gasteiger partial charge in [-0.1, -0.05) is 31.6 Å². The molecule has 28 heavy (non-hydrogen) atoms. The molecule has 0 radical (unpaired) electrons. The summed E-state index contributed by atoms with van der Waals surface area (Å²) in [4.78, 5) is 12.1. The zero-order chi connectivity index (χ0) is 20.6. The average Bonchev–Trinajstić information content (AvgIpc) is 3.37. The number of ether oxygens (including phenoxy) is 1. The summed E-state index contributed by atoms with van der Waals surface area (Å²) in [6, 6.07) is 0. The molecule has 0 bridgehead atoms. The quantitative estimate of drug-likeness (QED) is 0.432. The van der Waals surface area contributed by atoms with Gasteiger partial charge in [-0.25, -0.2) is 0 Å². The van der Waals surface area contributed by atoms with E-state index in [2.05, 4.69) is 26.5 Å². The second kappa shape index (κ2) is 6.14. The third-order valence-corrected chi connectivity index (χ3v) is 8.63. The van der Waals surface area contributed by atoms with Crippen LogP contribution in [-0.4, -0.2) is 56.4 Å². The van der Waals surface area contributed by atoms with Gasteiger partial charge in [0.1, 0.15) is 30.0 Å². The highest BCUT2D eigenvalue weighted by Gasteiger charge is 2.71. The van der Waals surface area contributed by atoms with Gasteiger partial charge >= 0.3 is 5.97 Å². The molecular weight excluding hydrogens is 360 g/mol. The number of aliphatic hydroxyl groups excluding tert-OH is 3. The third kappa shape index (κ3) is 2.44.